The molecule has 16 heteroatoms. The maximum atomic E-state index is 12.8. The summed E-state index contributed by atoms with van der Waals surface area (Å²) in [7, 11) is 0. The number of phenolic OH excluding ortho intramolecular Hbond substituents is 1. The molecule has 208 valence electrons. The number of phenols is 1. The van der Waals surface area contributed by atoms with E-state index in [1.807, 2.05) is 10.6 Å². The molecule has 1 rings (SSSR count). The summed E-state index contributed by atoms with van der Waals surface area (Å²) in [5, 5.41) is 43.0. The summed E-state index contributed by atoms with van der Waals surface area (Å²) in [5.41, 5.74) is 11.3. The number of nitrogens with two attached hydrogens (primary N) is 2. The minimum Gasteiger partial charge on any atom is -0.508 e. The highest BCUT2D eigenvalue weighted by atomic mass is 16.4. The first-order valence-corrected chi connectivity index (χ1v) is 11.1. The van der Waals surface area contributed by atoms with E-state index in [1.165, 1.54) is 24.3 Å². The molecule has 0 bridgehead atoms. The fourth-order valence-electron chi connectivity index (χ4n) is 3.11. The minimum absolute atomic E-state index is 0.0209. The third-order valence-corrected chi connectivity index (χ3v) is 5.05. The first-order valence-electron chi connectivity index (χ1n) is 11.1. The molecule has 0 aliphatic heterocycles. The van der Waals surface area contributed by atoms with Crippen molar-refractivity contribution in [3.05, 3.63) is 29.8 Å². The van der Waals surface area contributed by atoms with E-state index in [4.69, 9.17) is 21.7 Å². The number of hydrogen-bond donors (Lipinski definition) is 9. The SMILES string of the molecule is NC(=O)CCC(NC(=O)C(CC(=O)O)NC(=O)C(CC(=O)O)NC(=O)C(N)Cc1ccc(O)cc1)C(=O)O. The maximum Gasteiger partial charge on any atom is 0.326 e. The molecule has 0 radical (unpaired) electrons. The minimum atomic E-state index is -1.87. The fraction of sp³-hybridized carbons (Fsp3) is 0.409. The topological polar surface area (TPSA) is 289 Å². The van der Waals surface area contributed by atoms with Crippen LogP contribution in [0.15, 0.2) is 24.3 Å². The lowest BCUT2D eigenvalue weighted by atomic mass is 10.0. The van der Waals surface area contributed by atoms with E-state index in [1.54, 1.807) is 0 Å². The molecule has 11 N–H and O–H groups in total. The van der Waals surface area contributed by atoms with Gasteiger partial charge in [-0.25, -0.2) is 4.79 Å². The molecule has 0 fully saturated rings. The standard InChI is InChI=1S/C22H29N5O11/c23-12(7-10-1-3-11(28)4-2-10)19(34)26-14(8-17(30)31)21(36)27-15(9-18(32)33)20(35)25-13(22(37)38)5-6-16(24)29/h1-4,12-15,28H,5-9,23H2,(H2,24,29)(H,25,35)(H,26,34)(H,27,36)(H,30,31)(H,32,33)(H,37,38). The second-order valence-electron chi connectivity index (χ2n) is 8.20. The monoisotopic (exact) mass is 539 g/mol. The molecule has 0 saturated carbocycles. The van der Waals surface area contributed by atoms with Crippen LogP contribution in [0.4, 0.5) is 0 Å². The summed E-state index contributed by atoms with van der Waals surface area (Å²) in [4.78, 5) is 82.6. The van der Waals surface area contributed by atoms with Crippen LogP contribution in [0.25, 0.3) is 0 Å². The molecule has 0 aliphatic rings. The van der Waals surface area contributed by atoms with Gasteiger partial charge in [-0.1, -0.05) is 12.1 Å². The van der Waals surface area contributed by atoms with Crippen LogP contribution < -0.4 is 27.4 Å². The van der Waals surface area contributed by atoms with Gasteiger partial charge < -0.3 is 47.8 Å². The lowest BCUT2D eigenvalue weighted by Crippen LogP contribution is -2.58. The Labute approximate surface area is 215 Å². The van der Waals surface area contributed by atoms with Crippen LogP contribution in [0.1, 0.15) is 31.2 Å². The highest BCUT2D eigenvalue weighted by Gasteiger charge is 2.32. The van der Waals surface area contributed by atoms with Crippen LogP contribution in [-0.2, 0) is 40.0 Å². The zero-order valence-electron chi connectivity index (χ0n) is 20.0. The molecule has 4 amide bonds. The quantitative estimate of drug-likeness (QED) is 0.102. The number of carboxylic acid groups (broad SMARTS) is 3. The number of aromatic hydroxyl groups is 1. The summed E-state index contributed by atoms with van der Waals surface area (Å²) >= 11 is 0. The van der Waals surface area contributed by atoms with Crippen molar-refractivity contribution in [1.29, 1.82) is 0 Å². The van der Waals surface area contributed by atoms with Crippen molar-refractivity contribution < 1.29 is 54.0 Å². The molecule has 0 spiro atoms. The van der Waals surface area contributed by atoms with E-state index in [9.17, 15) is 43.8 Å². The molecular formula is C22H29N5O11. The number of hydrogen-bond acceptors (Lipinski definition) is 9. The summed E-state index contributed by atoms with van der Waals surface area (Å²) in [6, 6.07) is -0.832. The predicted octanol–water partition coefficient (Wildman–Crippen LogP) is -2.98. The Balaban J connectivity index is 2.98. The molecule has 4 atom stereocenters. The molecule has 4 unspecified atom stereocenters. The first-order chi connectivity index (χ1) is 17.7. The molecule has 1 aromatic carbocycles. The van der Waals surface area contributed by atoms with Gasteiger partial charge in [-0.15, -0.1) is 0 Å². The largest absolute Gasteiger partial charge is 0.508 e. The van der Waals surface area contributed by atoms with E-state index in [-0.39, 0.29) is 12.2 Å². The van der Waals surface area contributed by atoms with Crippen molar-refractivity contribution >= 4 is 41.5 Å². The Hall–Kier alpha value is -4.73. The number of carbonyl (C=O) groups is 7. The van der Waals surface area contributed by atoms with E-state index in [0.717, 1.165) is 0 Å². The number of carboxylic acids is 3. The van der Waals surface area contributed by atoms with Crippen molar-refractivity contribution in [1.82, 2.24) is 16.0 Å². The van der Waals surface area contributed by atoms with Crippen LogP contribution in [-0.4, -0.2) is 86.1 Å². The second kappa shape index (κ2) is 14.7. The third kappa shape index (κ3) is 11.3. The molecular weight excluding hydrogens is 510 g/mol. The van der Waals surface area contributed by atoms with Crippen molar-refractivity contribution in [3.63, 3.8) is 0 Å². The maximum absolute atomic E-state index is 12.8. The number of carbonyl (C=O) groups excluding carboxylic acids is 4. The zero-order valence-corrected chi connectivity index (χ0v) is 20.0. The first kappa shape index (κ1) is 31.3. The number of benzene rings is 1. The van der Waals surface area contributed by atoms with Crippen LogP contribution in [0.5, 0.6) is 5.75 Å². The molecule has 0 aromatic heterocycles. The molecule has 0 saturated heterocycles. The van der Waals surface area contributed by atoms with E-state index >= 15 is 0 Å². The van der Waals surface area contributed by atoms with Gasteiger partial charge in [-0.05, 0) is 30.5 Å². The predicted molar refractivity (Wildman–Crippen MR) is 126 cm³/mol. The second-order valence-corrected chi connectivity index (χ2v) is 8.20. The number of rotatable bonds is 16. The Kier molecular flexibility index (Phi) is 12.1. The summed E-state index contributed by atoms with van der Waals surface area (Å²) in [6.07, 6.45) is -2.85. The summed E-state index contributed by atoms with van der Waals surface area (Å²) in [5.74, 6) is -8.94. The highest BCUT2D eigenvalue weighted by molar-refractivity contribution is 5.97. The normalized spacial score (nSPS) is 13.7. The Bertz CT molecular complexity index is 1060. The van der Waals surface area contributed by atoms with E-state index < -0.39 is 91.4 Å². The number of aliphatic carboxylic acids is 3. The number of amides is 4. The summed E-state index contributed by atoms with van der Waals surface area (Å²) < 4.78 is 0. The molecule has 1 aromatic rings. The Morgan fingerprint density at radius 1 is 0.737 bits per heavy atom. The smallest absolute Gasteiger partial charge is 0.326 e. The molecule has 0 heterocycles. The van der Waals surface area contributed by atoms with Gasteiger partial charge >= 0.3 is 17.9 Å². The van der Waals surface area contributed by atoms with Crippen LogP contribution >= 0.6 is 0 Å². The van der Waals surface area contributed by atoms with Crippen LogP contribution in [0, 0.1) is 0 Å². The highest BCUT2D eigenvalue weighted by Crippen LogP contribution is 2.11. The van der Waals surface area contributed by atoms with Gasteiger partial charge in [-0.3, -0.25) is 28.8 Å². The zero-order chi connectivity index (χ0) is 29.0. The molecule has 0 aliphatic carbocycles. The number of primary amides is 1. The third-order valence-electron chi connectivity index (χ3n) is 5.05. The van der Waals surface area contributed by atoms with Crippen LogP contribution in [0.2, 0.25) is 0 Å². The summed E-state index contributed by atoms with van der Waals surface area (Å²) in [6.45, 7) is 0. The fourth-order valence-corrected chi connectivity index (χ4v) is 3.11. The van der Waals surface area contributed by atoms with Gasteiger partial charge in [0.15, 0.2) is 0 Å². The van der Waals surface area contributed by atoms with Gasteiger partial charge in [0.1, 0.15) is 23.9 Å². The van der Waals surface area contributed by atoms with Gasteiger partial charge in [0.05, 0.1) is 18.9 Å². The average Bonchev–Trinajstić information content (AvgIpc) is 2.81. The van der Waals surface area contributed by atoms with E-state index in [0.29, 0.717) is 5.56 Å². The van der Waals surface area contributed by atoms with E-state index in [2.05, 4.69) is 5.32 Å². The van der Waals surface area contributed by atoms with Crippen molar-refractivity contribution in [2.24, 2.45) is 11.5 Å². The van der Waals surface area contributed by atoms with Gasteiger partial charge in [-0.2, -0.15) is 0 Å². The van der Waals surface area contributed by atoms with Crippen molar-refractivity contribution in [2.45, 2.75) is 56.3 Å². The average molecular weight is 539 g/mol. The molecule has 16 nitrogen and oxygen atoms in total. The van der Waals surface area contributed by atoms with Gasteiger partial charge in [0, 0.05) is 6.42 Å². The van der Waals surface area contributed by atoms with Gasteiger partial charge in [0.25, 0.3) is 0 Å². The van der Waals surface area contributed by atoms with Crippen molar-refractivity contribution in [3.8, 4) is 5.75 Å². The van der Waals surface area contributed by atoms with Crippen molar-refractivity contribution in [2.75, 3.05) is 0 Å². The molecule has 38 heavy (non-hydrogen) atoms. The Morgan fingerprint density at radius 2 is 1.18 bits per heavy atom. The van der Waals surface area contributed by atoms with Gasteiger partial charge in [0.2, 0.25) is 23.6 Å². The lowest BCUT2D eigenvalue weighted by molar-refractivity contribution is -0.145. The van der Waals surface area contributed by atoms with Crippen LogP contribution in [0.3, 0.4) is 0 Å². The Morgan fingerprint density at radius 3 is 1.61 bits per heavy atom. The number of nitrogens with one attached hydrogen (secondary N) is 3. The lowest BCUT2D eigenvalue weighted by Gasteiger charge is -2.24.